The van der Waals surface area contributed by atoms with Crippen molar-refractivity contribution in [1.29, 1.82) is 0 Å². The number of carbonyl (C=O) groups is 2. The SMILES string of the molecule is COC(=O)C(C(C)C)N(C)C(=O)Cl. The van der Waals surface area contributed by atoms with Gasteiger partial charge in [-0.25, -0.2) is 4.79 Å². The first-order valence-electron chi connectivity index (χ1n) is 3.92. The minimum atomic E-state index is -0.663. The van der Waals surface area contributed by atoms with E-state index in [0.29, 0.717) is 0 Å². The number of carbonyl (C=O) groups excluding carboxylic acids is 2. The molecule has 0 saturated carbocycles. The molecule has 0 spiro atoms. The molecular weight excluding hydrogens is 194 g/mol. The lowest BCUT2D eigenvalue weighted by Gasteiger charge is -2.26. The van der Waals surface area contributed by atoms with Crippen molar-refractivity contribution < 1.29 is 14.3 Å². The fraction of sp³-hybridized carbons (Fsp3) is 0.750. The Morgan fingerprint density at radius 3 is 2.08 bits per heavy atom. The second-order valence-corrected chi connectivity index (χ2v) is 3.40. The molecule has 1 amide bonds. The van der Waals surface area contributed by atoms with E-state index in [1.807, 2.05) is 13.8 Å². The summed E-state index contributed by atoms with van der Waals surface area (Å²) in [6.07, 6.45) is 0. The molecule has 1 atom stereocenters. The van der Waals surface area contributed by atoms with E-state index >= 15 is 0 Å². The molecule has 13 heavy (non-hydrogen) atoms. The topological polar surface area (TPSA) is 46.6 Å². The minimum Gasteiger partial charge on any atom is -0.467 e. The van der Waals surface area contributed by atoms with Gasteiger partial charge in [0, 0.05) is 7.05 Å². The van der Waals surface area contributed by atoms with Crippen LogP contribution >= 0.6 is 11.6 Å². The Morgan fingerprint density at radius 2 is 1.85 bits per heavy atom. The summed E-state index contributed by atoms with van der Waals surface area (Å²) in [4.78, 5) is 23.2. The van der Waals surface area contributed by atoms with Gasteiger partial charge in [-0.1, -0.05) is 13.8 Å². The fourth-order valence-corrected chi connectivity index (χ4v) is 1.21. The number of amides is 1. The van der Waals surface area contributed by atoms with Gasteiger partial charge in [0.25, 0.3) is 0 Å². The maximum Gasteiger partial charge on any atom is 0.328 e. The van der Waals surface area contributed by atoms with Crippen LogP contribution in [0.15, 0.2) is 0 Å². The van der Waals surface area contributed by atoms with Gasteiger partial charge in [0.15, 0.2) is 0 Å². The second-order valence-electron chi connectivity index (χ2n) is 3.08. The molecule has 0 bridgehead atoms. The fourth-order valence-electron chi connectivity index (χ4n) is 1.11. The smallest absolute Gasteiger partial charge is 0.328 e. The lowest BCUT2D eigenvalue weighted by molar-refractivity contribution is -0.146. The van der Waals surface area contributed by atoms with Crippen LogP contribution in [0, 0.1) is 5.92 Å². The van der Waals surface area contributed by atoms with Crippen LogP contribution in [0.3, 0.4) is 0 Å². The van der Waals surface area contributed by atoms with Crippen molar-refractivity contribution in [2.45, 2.75) is 19.9 Å². The Hall–Kier alpha value is -0.770. The van der Waals surface area contributed by atoms with Gasteiger partial charge in [0.1, 0.15) is 6.04 Å². The molecule has 0 radical (unpaired) electrons. The standard InChI is InChI=1S/C8H14ClNO3/c1-5(2)6(7(11)13-4)10(3)8(9)12/h5-6H,1-4H3. The first-order valence-corrected chi connectivity index (χ1v) is 4.29. The van der Waals surface area contributed by atoms with E-state index in [2.05, 4.69) is 4.74 Å². The number of hydrogen-bond donors (Lipinski definition) is 0. The molecule has 0 heterocycles. The van der Waals surface area contributed by atoms with Crippen molar-refractivity contribution in [3.63, 3.8) is 0 Å². The molecule has 0 aromatic rings. The van der Waals surface area contributed by atoms with Crippen LogP contribution in [0.25, 0.3) is 0 Å². The number of nitrogens with zero attached hydrogens (tertiary/aromatic N) is 1. The normalized spacial score (nSPS) is 12.5. The number of rotatable bonds is 3. The molecule has 0 aromatic heterocycles. The van der Waals surface area contributed by atoms with Crippen LogP contribution in [-0.4, -0.2) is 36.4 Å². The molecule has 5 heteroatoms. The van der Waals surface area contributed by atoms with Crippen molar-refractivity contribution in [3.05, 3.63) is 0 Å². The largest absolute Gasteiger partial charge is 0.467 e. The minimum absolute atomic E-state index is 0.0276. The van der Waals surface area contributed by atoms with Crippen molar-refractivity contribution in [1.82, 2.24) is 4.90 Å². The van der Waals surface area contributed by atoms with E-state index in [1.54, 1.807) is 0 Å². The van der Waals surface area contributed by atoms with Crippen molar-refractivity contribution in [3.8, 4) is 0 Å². The monoisotopic (exact) mass is 207 g/mol. The number of ether oxygens (including phenoxy) is 1. The lowest BCUT2D eigenvalue weighted by Crippen LogP contribution is -2.44. The average molecular weight is 208 g/mol. The summed E-state index contributed by atoms with van der Waals surface area (Å²) in [5.41, 5.74) is 0. The van der Waals surface area contributed by atoms with Crippen LogP contribution in [0.5, 0.6) is 0 Å². The average Bonchev–Trinajstić information content (AvgIpc) is 2.03. The van der Waals surface area contributed by atoms with E-state index in [4.69, 9.17) is 11.6 Å². The molecule has 0 rings (SSSR count). The molecule has 0 aromatic carbocycles. The number of likely N-dealkylation sites (N-methyl/N-ethyl adjacent to an activating group) is 1. The van der Waals surface area contributed by atoms with Gasteiger partial charge in [-0.15, -0.1) is 0 Å². The Kier molecular flexibility index (Phi) is 4.77. The molecular formula is C8H14ClNO3. The highest BCUT2D eigenvalue weighted by atomic mass is 35.5. The van der Waals surface area contributed by atoms with Crippen molar-refractivity contribution in [2.24, 2.45) is 5.92 Å². The zero-order chi connectivity index (χ0) is 10.6. The van der Waals surface area contributed by atoms with E-state index < -0.39 is 17.4 Å². The van der Waals surface area contributed by atoms with Crippen LogP contribution < -0.4 is 0 Å². The Labute approximate surface area is 82.8 Å². The molecule has 4 nitrogen and oxygen atoms in total. The quantitative estimate of drug-likeness (QED) is 0.400. The molecule has 0 aliphatic rings. The zero-order valence-corrected chi connectivity index (χ0v) is 8.96. The van der Waals surface area contributed by atoms with Gasteiger partial charge in [0.05, 0.1) is 7.11 Å². The number of hydrogen-bond acceptors (Lipinski definition) is 3. The summed E-state index contributed by atoms with van der Waals surface area (Å²) < 4.78 is 4.55. The van der Waals surface area contributed by atoms with Gasteiger partial charge in [-0.2, -0.15) is 0 Å². The summed E-state index contributed by atoms with van der Waals surface area (Å²) in [7, 11) is 2.75. The molecule has 0 fully saturated rings. The molecule has 0 aliphatic carbocycles. The molecule has 1 unspecified atom stereocenters. The van der Waals surface area contributed by atoms with Crippen LogP contribution in [0.4, 0.5) is 4.79 Å². The number of esters is 1. The van der Waals surface area contributed by atoms with Gasteiger partial charge in [-0.3, -0.25) is 4.79 Å². The first-order chi connectivity index (χ1) is 5.91. The zero-order valence-electron chi connectivity index (χ0n) is 8.20. The third-order valence-corrected chi connectivity index (χ3v) is 2.04. The third-order valence-electron chi connectivity index (χ3n) is 1.77. The Bertz CT molecular complexity index is 206. The van der Waals surface area contributed by atoms with Crippen LogP contribution in [0.1, 0.15) is 13.8 Å². The summed E-state index contributed by atoms with van der Waals surface area (Å²) in [6, 6.07) is -0.616. The second kappa shape index (κ2) is 5.07. The van der Waals surface area contributed by atoms with E-state index in [9.17, 15) is 9.59 Å². The van der Waals surface area contributed by atoms with Gasteiger partial charge in [0.2, 0.25) is 0 Å². The highest BCUT2D eigenvalue weighted by molar-refractivity contribution is 6.62. The Morgan fingerprint density at radius 1 is 1.38 bits per heavy atom. The molecule has 0 saturated heterocycles. The summed E-state index contributed by atoms with van der Waals surface area (Å²) in [6.45, 7) is 3.63. The highest BCUT2D eigenvalue weighted by Crippen LogP contribution is 2.12. The van der Waals surface area contributed by atoms with E-state index in [-0.39, 0.29) is 5.92 Å². The summed E-state index contributed by atoms with van der Waals surface area (Å²) in [5.74, 6) is -0.480. The van der Waals surface area contributed by atoms with Gasteiger partial charge in [-0.05, 0) is 17.5 Å². The molecule has 0 aliphatic heterocycles. The van der Waals surface area contributed by atoms with Crippen LogP contribution in [-0.2, 0) is 9.53 Å². The molecule has 0 N–H and O–H groups in total. The predicted molar refractivity (Wildman–Crippen MR) is 49.7 cm³/mol. The van der Waals surface area contributed by atoms with Gasteiger partial charge < -0.3 is 9.64 Å². The lowest BCUT2D eigenvalue weighted by atomic mass is 10.0. The predicted octanol–water partition coefficient (Wildman–Crippen LogP) is 1.47. The first kappa shape index (κ1) is 12.2. The maximum atomic E-state index is 11.2. The number of halogens is 1. The van der Waals surface area contributed by atoms with Crippen molar-refractivity contribution in [2.75, 3.05) is 14.2 Å². The highest BCUT2D eigenvalue weighted by Gasteiger charge is 2.29. The van der Waals surface area contributed by atoms with E-state index in [1.165, 1.54) is 14.2 Å². The molecule has 76 valence electrons. The van der Waals surface area contributed by atoms with Crippen LogP contribution in [0.2, 0.25) is 0 Å². The maximum absolute atomic E-state index is 11.2. The van der Waals surface area contributed by atoms with Gasteiger partial charge >= 0.3 is 11.3 Å². The Balaban J connectivity index is 4.60. The third kappa shape index (κ3) is 3.22. The van der Waals surface area contributed by atoms with Crippen molar-refractivity contribution >= 4 is 22.9 Å². The summed E-state index contributed by atoms with van der Waals surface area (Å²) in [5, 5.41) is -0.663. The summed E-state index contributed by atoms with van der Waals surface area (Å²) >= 11 is 5.25. The number of methoxy groups -OCH3 is 1. The van der Waals surface area contributed by atoms with E-state index in [0.717, 1.165) is 4.90 Å².